The molecular weight excluding hydrogens is 280 g/mol. The number of aromatic carboxylic acids is 1. The van der Waals surface area contributed by atoms with Crippen LogP contribution in [0.3, 0.4) is 0 Å². The van der Waals surface area contributed by atoms with Crippen LogP contribution < -0.4 is 4.74 Å². The molecule has 0 saturated heterocycles. The van der Waals surface area contributed by atoms with Crippen LogP contribution >= 0.6 is 10.7 Å². The lowest BCUT2D eigenvalue weighted by atomic mass is 10.2. The molecule has 0 saturated carbocycles. The average Bonchev–Trinajstić information content (AvgIpc) is 2.28. The van der Waals surface area contributed by atoms with E-state index in [0.29, 0.717) is 6.42 Å². The van der Waals surface area contributed by atoms with Gasteiger partial charge in [0, 0.05) is 10.7 Å². The lowest BCUT2D eigenvalue weighted by Crippen LogP contribution is -2.05. The summed E-state index contributed by atoms with van der Waals surface area (Å²) in [5.74, 6) is -1.20. The van der Waals surface area contributed by atoms with E-state index in [-0.39, 0.29) is 22.8 Å². The first-order valence-corrected chi connectivity index (χ1v) is 7.23. The van der Waals surface area contributed by atoms with E-state index >= 15 is 0 Å². The molecule has 5 nitrogen and oxygen atoms in total. The lowest BCUT2D eigenvalue weighted by Gasteiger charge is -2.08. The molecule has 0 fully saturated rings. The van der Waals surface area contributed by atoms with E-state index in [4.69, 9.17) is 20.5 Å². The molecule has 98 valence electrons. The highest BCUT2D eigenvalue weighted by molar-refractivity contribution is 8.13. The summed E-state index contributed by atoms with van der Waals surface area (Å²) in [5, 5.41) is 8.97. The number of hydrogen-bond acceptors (Lipinski definition) is 4. The third-order valence-corrected chi connectivity index (χ3v) is 3.39. The molecule has 0 bridgehead atoms. The Morgan fingerprint density at radius 3 is 2.67 bits per heavy atom. The second-order valence-corrected chi connectivity index (χ2v) is 5.89. The van der Waals surface area contributed by atoms with Crippen molar-refractivity contribution in [1.82, 2.24) is 0 Å². The van der Waals surface area contributed by atoms with Crippen LogP contribution in [0.25, 0.3) is 0 Å². The van der Waals surface area contributed by atoms with Gasteiger partial charge in [-0.3, -0.25) is 0 Å². The minimum Gasteiger partial charge on any atom is -0.492 e. The number of carboxylic acids is 1. The van der Waals surface area contributed by atoms with E-state index in [2.05, 4.69) is 6.58 Å². The highest BCUT2D eigenvalue weighted by Crippen LogP contribution is 2.24. The Kier molecular flexibility index (Phi) is 4.75. The van der Waals surface area contributed by atoms with Gasteiger partial charge in [-0.15, -0.1) is 6.58 Å². The van der Waals surface area contributed by atoms with Gasteiger partial charge < -0.3 is 9.84 Å². The molecule has 0 aliphatic heterocycles. The van der Waals surface area contributed by atoms with E-state index in [0.717, 1.165) is 6.07 Å². The Bertz CT molecular complexity index is 565. The minimum absolute atomic E-state index is 0.0911. The fourth-order valence-electron chi connectivity index (χ4n) is 1.21. The Labute approximate surface area is 109 Å². The standard InChI is InChI=1S/C11H11ClO5S/c1-2-3-6-17-10-5-4-8(18(12,15)16)7-9(10)11(13)14/h2,4-5,7H,1,3,6H2,(H,13,14). The molecule has 0 aliphatic rings. The molecule has 0 atom stereocenters. The summed E-state index contributed by atoms with van der Waals surface area (Å²) in [6.45, 7) is 3.76. The lowest BCUT2D eigenvalue weighted by molar-refractivity contribution is 0.0692. The topological polar surface area (TPSA) is 80.7 Å². The number of carbonyl (C=O) groups is 1. The first-order valence-electron chi connectivity index (χ1n) is 4.92. The zero-order valence-electron chi connectivity index (χ0n) is 9.30. The van der Waals surface area contributed by atoms with Gasteiger partial charge in [0.2, 0.25) is 0 Å². The SMILES string of the molecule is C=CCCOc1ccc(S(=O)(=O)Cl)cc1C(=O)O. The maximum absolute atomic E-state index is 11.1. The highest BCUT2D eigenvalue weighted by atomic mass is 35.7. The molecule has 0 aliphatic carbocycles. The smallest absolute Gasteiger partial charge is 0.339 e. The monoisotopic (exact) mass is 290 g/mol. The molecule has 0 unspecified atom stereocenters. The van der Waals surface area contributed by atoms with Gasteiger partial charge in [0.25, 0.3) is 9.05 Å². The Morgan fingerprint density at radius 1 is 1.50 bits per heavy atom. The summed E-state index contributed by atoms with van der Waals surface area (Å²) in [5.41, 5.74) is -0.249. The fourth-order valence-corrected chi connectivity index (χ4v) is 1.98. The second-order valence-electron chi connectivity index (χ2n) is 3.33. The van der Waals surface area contributed by atoms with Gasteiger partial charge in [0.1, 0.15) is 11.3 Å². The molecule has 0 spiro atoms. The summed E-state index contributed by atoms with van der Waals surface area (Å²) in [4.78, 5) is 10.7. The Morgan fingerprint density at radius 2 is 2.17 bits per heavy atom. The van der Waals surface area contributed by atoms with Crippen LogP contribution in [-0.2, 0) is 9.05 Å². The number of ether oxygens (including phenoxy) is 1. The maximum Gasteiger partial charge on any atom is 0.339 e. The average molecular weight is 291 g/mol. The third kappa shape index (κ3) is 3.75. The van der Waals surface area contributed by atoms with E-state index < -0.39 is 15.0 Å². The van der Waals surface area contributed by atoms with Crippen LogP contribution in [0.15, 0.2) is 35.7 Å². The summed E-state index contributed by atoms with van der Waals surface area (Å²) in [6.07, 6.45) is 2.17. The number of carboxylic acid groups (broad SMARTS) is 1. The third-order valence-electron chi connectivity index (χ3n) is 2.04. The normalized spacial score (nSPS) is 10.9. The number of halogens is 1. The molecular formula is C11H11ClO5S. The van der Waals surface area contributed by atoms with Crippen LogP contribution in [0.5, 0.6) is 5.75 Å². The van der Waals surface area contributed by atoms with Gasteiger partial charge in [-0.05, 0) is 24.6 Å². The molecule has 1 N–H and O–H groups in total. The van der Waals surface area contributed by atoms with Crippen molar-refractivity contribution in [2.24, 2.45) is 0 Å². The van der Waals surface area contributed by atoms with Gasteiger partial charge in [-0.2, -0.15) is 0 Å². The number of rotatable bonds is 6. The second kappa shape index (κ2) is 5.88. The van der Waals surface area contributed by atoms with Gasteiger partial charge in [-0.25, -0.2) is 13.2 Å². The highest BCUT2D eigenvalue weighted by Gasteiger charge is 2.17. The predicted molar refractivity (Wildman–Crippen MR) is 66.7 cm³/mol. The van der Waals surface area contributed by atoms with Crippen molar-refractivity contribution in [3.05, 3.63) is 36.4 Å². The molecule has 1 rings (SSSR count). The summed E-state index contributed by atoms with van der Waals surface area (Å²) in [7, 11) is 1.18. The molecule has 0 heterocycles. The summed E-state index contributed by atoms with van der Waals surface area (Å²) < 4.78 is 27.4. The van der Waals surface area contributed by atoms with Crippen molar-refractivity contribution in [2.45, 2.75) is 11.3 Å². The molecule has 7 heteroatoms. The van der Waals surface area contributed by atoms with E-state index in [1.54, 1.807) is 6.08 Å². The molecule has 1 aromatic rings. The predicted octanol–water partition coefficient (Wildman–Crippen LogP) is 2.27. The minimum atomic E-state index is -3.96. The zero-order chi connectivity index (χ0) is 13.8. The van der Waals surface area contributed by atoms with Crippen molar-refractivity contribution in [2.75, 3.05) is 6.61 Å². The van der Waals surface area contributed by atoms with E-state index in [1.807, 2.05) is 0 Å². The van der Waals surface area contributed by atoms with Gasteiger partial charge in [0.05, 0.1) is 11.5 Å². The van der Waals surface area contributed by atoms with Gasteiger partial charge in [-0.1, -0.05) is 6.08 Å². The van der Waals surface area contributed by atoms with Crippen molar-refractivity contribution in [3.63, 3.8) is 0 Å². The van der Waals surface area contributed by atoms with Crippen molar-refractivity contribution >= 4 is 25.7 Å². The van der Waals surface area contributed by atoms with E-state index in [9.17, 15) is 13.2 Å². The van der Waals surface area contributed by atoms with Crippen LogP contribution in [0.4, 0.5) is 0 Å². The van der Waals surface area contributed by atoms with Gasteiger partial charge in [0.15, 0.2) is 0 Å². The largest absolute Gasteiger partial charge is 0.492 e. The van der Waals surface area contributed by atoms with Crippen LogP contribution in [-0.4, -0.2) is 26.1 Å². The van der Waals surface area contributed by atoms with E-state index in [1.165, 1.54) is 12.1 Å². The summed E-state index contributed by atoms with van der Waals surface area (Å²) in [6, 6.07) is 3.42. The quantitative estimate of drug-likeness (QED) is 0.494. The Balaban J connectivity index is 3.13. The molecule has 0 radical (unpaired) electrons. The number of hydrogen-bond donors (Lipinski definition) is 1. The van der Waals surface area contributed by atoms with Crippen LogP contribution in [0.2, 0.25) is 0 Å². The fraction of sp³-hybridized carbons (Fsp3) is 0.182. The van der Waals surface area contributed by atoms with Crippen molar-refractivity contribution in [3.8, 4) is 5.75 Å². The first-order chi connectivity index (χ1) is 8.36. The van der Waals surface area contributed by atoms with Crippen molar-refractivity contribution in [1.29, 1.82) is 0 Å². The molecule has 0 amide bonds. The summed E-state index contributed by atoms with van der Waals surface area (Å²) >= 11 is 0. The van der Waals surface area contributed by atoms with Gasteiger partial charge >= 0.3 is 5.97 Å². The molecule has 18 heavy (non-hydrogen) atoms. The molecule has 0 aromatic heterocycles. The van der Waals surface area contributed by atoms with Crippen LogP contribution in [0, 0.1) is 0 Å². The maximum atomic E-state index is 11.1. The Hall–Kier alpha value is -1.53. The van der Waals surface area contributed by atoms with Crippen LogP contribution in [0.1, 0.15) is 16.8 Å². The first kappa shape index (κ1) is 14.5. The van der Waals surface area contributed by atoms with Crippen molar-refractivity contribution < 1.29 is 23.1 Å². The number of benzene rings is 1. The zero-order valence-corrected chi connectivity index (χ0v) is 10.9. The molecule has 1 aromatic carbocycles.